The first kappa shape index (κ1) is 15.5. The first-order chi connectivity index (χ1) is 10.1. The van der Waals surface area contributed by atoms with Gasteiger partial charge in [0, 0.05) is 11.9 Å². The van der Waals surface area contributed by atoms with E-state index >= 15 is 0 Å². The Morgan fingerprint density at radius 2 is 2.14 bits per heavy atom. The Morgan fingerprint density at radius 1 is 1.43 bits per heavy atom. The number of hydrogen-bond donors (Lipinski definition) is 1. The number of hydrogen-bond acceptors (Lipinski definition) is 5. The van der Waals surface area contributed by atoms with Crippen molar-refractivity contribution in [3.63, 3.8) is 0 Å². The van der Waals surface area contributed by atoms with Crippen LogP contribution in [0.25, 0.3) is 0 Å². The number of carboxylic acid groups (broad SMARTS) is 1. The molecule has 1 N–H and O–H groups in total. The summed E-state index contributed by atoms with van der Waals surface area (Å²) in [4.78, 5) is 17.1. The van der Waals surface area contributed by atoms with Gasteiger partial charge in [-0.2, -0.15) is 0 Å². The topological polar surface area (TPSA) is 62.7 Å². The highest BCUT2D eigenvalue weighted by atomic mass is 32.1. The Hall–Kier alpha value is -1.92. The van der Waals surface area contributed by atoms with Crippen LogP contribution in [0.15, 0.2) is 35.7 Å². The number of carboxylic acids is 1. The quantitative estimate of drug-likeness (QED) is 0.852. The maximum Gasteiger partial charge on any atom is 0.320 e. The number of para-hydroxylation sites is 1. The molecule has 2 rings (SSSR count). The Balaban J connectivity index is 1.88. The molecule has 0 bridgehead atoms. The monoisotopic (exact) mass is 306 g/mol. The molecule has 0 fully saturated rings. The highest BCUT2D eigenvalue weighted by Gasteiger charge is 2.17. The summed E-state index contributed by atoms with van der Waals surface area (Å²) in [6.07, 6.45) is 0. The van der Waals surface area contributed by atoms with Crippen LogP contribution in [0, 0.1) is 0 Å². The molecule has 1 atom stereocenters. The number of aromatic nitrogens is 1. The first-order valence-electron chi connectivity index (χ1n) is 6.60. The molecule has 0 saturated heterocycles. The zero-order valence-electron chi connectivity index (χ0n) is 12.0. The van der Waals surface area contributed by atoms with Crippen LogP contribution in [0.2, 0.25) is 0 Å². The molecular formula is C15H18N2O3S. The molecule has 0 aliphatic rings. The number of aliphatic carboxylic acids is 1. The van der Waals surface area contributed by atoms with Crippen LogP contribution >= 0.6 is 11.3 Å². The molecule has 1 aromatic heterocycles. The predicted octanol–water partition coefficient (Wildman–Crippen LogP) is 2.63. The van der Waals surface area contributed by atoms with Gasteiger partial charge in [-0.3, -0.25) is 9.69 Å². The zero-order valence-corrected chi connectivity index (χ0v) is 12.8. The van der Waals surface area contributed by atoms with Gasteiger partial charge in [0.15, 0.2) is 0 Å². The fraction of sp³-hybridized carbons (Fsp3) is 0.333. The lowest BCUT2D eigenvalue weighted by molar-refractivity contribution is -0.142. The third-order valence-electron chi connectivity index (χ3n) is 3.13. The van der Waals surface area contributed by atoms with Crippen LogP contribution in [-0.4, -0.2) is 34.0 Å². The SMILES string of the molecule is CC(C(=O)O)N(C)Cc1csc(COc2ccccc2)n1. The van der Waals surface area contributed by atoms with E-state index < -0.39 is 12.0 Å². The van der Waals surface area contributed by atoms with Crippen LogP contribution in [-0.2, 0) is 17.9 Å². The molecule has 6 heteroatoms. The first-order valence-corrected chi connectivity index (χ1v) is 7.48. The second-order valence-corrected chi connectivity index (χ2v) is 5.71. The van der Waals surface area contributed by atoms with Gasteiger partial charge >= 0.3 is 5.97 Å². The molecule has 1 aromatic carbocycles. The summed E-state index contributed by atoms with van der Waals surface area (Å²) in [5, 5.41) is 11.8. The number of ether oxygens (including phenoxy) is 1. The average Bonchev–Trinajstić information content (AvgIpc) is 2.92. The molecule has 1 heterocycles. The minimum atomic E-state index is -0.833. The van der Waals surface area contributed by atoms with Gasteiger partial charge in [0.1, 0.15) is 23.4 Å². The third-order valence-corrected chi connectivity index (χ3v) is 4.01. The molecule has 0 spiro atoms. The summed E-state index contributed by atoms with van der Waals surface area (Å²) < 4.78 is 5.64. The van der Waals surface area contributed by atoms with Crippen molar-refractivity contribution in [2.45, 2.75) is 26.1 Å². The fourth-order valence-corrected chi connectivity index (χ4v) is 2.43. The minimum absolute atomic E-state index is 0.423. The molecule has 21 heavy (non-hydrogen) atoms. The van der Waals surface area contributed by atoms with Crippen LogP contribution in [0.1, 0.15) is 17.6 Å². The summed E-state index contributed by atoms with van der Waals surface area (Å²) in [6, 6.07) is 9.05. The maximum absolute atomic E-state index is 10.9. The molecule has 5 nitrogen and oxygen atoms in total. The summed E-state index contributed by atoms with van der Waals surface area (Å²) >= 11 is 1.52. The van der Waals surface area contributed by atoms with E-state index in [1.807, 2.05) is 35.7 Å². The summed E-state index contributed by atoms with van der Waals surface area (Å²) in [7, 11) is 1.78. The highest BCUT2D eigenvalue weighted by Crippen LogP contribution is 2.16. The van der Waals surface area contributed by atoms with Crippen LogP contribution in [0.4, 0.5) is 0 Å². The van der Waals surface area contributed by atoms with Gasteiger partial charge in [0.25, 0.3) is 0 Å². The number of carbonyl (C=O) groups is 1. The van der Waals surface area contributed by atoms with Crippen LogP contribution in [0.5, 0.6) is 5.75 Å². The molecule has 0 aliphatic carbocycles. The molecule has 112 valence electrons. The maximum atomic E-state index is 10.9. The highest BCUT2D eigenvalue weighted by molar-refractivity contribution is 7.09. The van der Waals surface area contributed by atoms with Gasteiger partial charge in [-0.1, -0.05) is 18.2 Å². The molecule has 0 radical (unpaired) electrons. The van der Waals surface area contributed by atoms with Crippen molar-refractivity contribution in [1.29, 1.82) is 0 Å². The largest absolute Gasteiger partial charge is 0.486 e. The second-order valence-electron chi connectivity index (χ2n) is 4.76. The number of thiazole rings is 1. The fourth-order valence-electron chi connectivity index (χ4n) is 1.73. The number of nitrogens with zero attached hydrogens (tertiary/aromatic N) is 2. The molecule has 2 aromatic rings. The smallest absolute Gasteiger partial charge is 0.320 e. The van der Waals surface area contributed by atoms with Crippen molar-refractivity contribution in [2.75, 3.05) is 7.05 Å². The standard InChI is InChI=1S/C15H18N2O3S/c1-11(15(18)19)17(2)8-12-10-21-14(16-12)9-20-13-6-4-3-5-7-13/h3-7,10-11H,8-9H2,1-2H3,(H,18,19). The van der Waals surface area contributed by atoms with E-state index in [-0.39, 0.29) is 0 Å². The number of benzene rings is 1. The lowest BCUT2D eigenvalue weighted by Gasteiger charge is -2.19. The lowest BCUT2D eigenvalue weighted by Crippen LogP contribution is -2.35. The molecular weight excluding hydrogens is 288 g/mol. The Morgan fingerprint density at radius 3 is 2.81 bits per heavy atom. The Kier molecular flexibility index (Phi) is 5.30. The molecule has 0 aliphatic heterocycles. The molecule has 0 amide bonds. The summed E-state index contributed by atoms with van der Waals surface area (Å²) in [5.74, 6) is -0.0220. The van der Waals surface area contributed by atoms with Gasteiger partial charge in [0.2, 0.25) is 0 Å². The van der Waals surface area contributed by atoms with Crippen molar-refractivity contribution in [2.24, 2.45) is 0 Å². The van der Waals surface area contributed by atoms with E-state index in [2.05, 4.69) is 4.98 Å². The van der Waals surface area contributed by atoms with E-state index in [1.54, 1.807) is 18.9 Å². The van der Waals surface area contributed by atoms with Gasteiger partial charge in [0.05, 0.1) is 5.69 Å². The third kappa shape index (κ3) is 4.54. The zero-order chi connectivity index (χ0) is 15.2. The van der Waals surface area contributed by atoms with E-state index in [9.17, 15) is 4.79 Å². The number of likely N-dealkylation sites (N-methyl/N-ethyl adjacent to an activating group) is 1. The van der Waals surface area contributed by atoms with Gasteiger partial charge in [-0.05, 0) is 26.1 Å². The van der Waals surface area contributed by atoms with E-state index in [0.29, 0.717) is 13.2 Å². The average molecular weight is 306 g/mol. The van der Waals surface area contributed by atoms with Gasteiger partial charge < -0.3 is 9.84 Å². The van der Waals surface area contributed by atoms with Crippen molar-refractivity contribution in [3.8, 4) is 5.75 Å². The minimum Gasteiger partial charge on any atom is -0.486 e. The summed E-state index contributed by atoms with van der Waals surface area (Å²) in [6.45, 7) is 2.59. The number of rotatable bonds is 7. The van der Waals surface area contributed by atoms with Crippen molar-refractivity contribution < 1.29 is 14.6 Å². The summed E-state index contributed by atoms with van der Waals surface area (Å²) in [5.41, 5.74) is 0.863. The predicted molar refractivity (Wildman–Crippen MR) is 81.5 cm³/mol. The normalized spacial score (nSPS) is 12.3. The Bertz CT molecular complexity index is 586. The van der Waals surface area contributed by atoms with E-state index in [0.717, 1.165) is 16.5 Å². The van der Waals surface area contributed by atoms with Crippen molar-refractivity contribution in [3.05, 3.63) is 46.4 Å². The second kappa shape index (κ2) is 7.19. The van der Waals surface area contributed by atoms with Gasteiger partial charge in [-0.15, -0.1) is 11.3 Å². The Labute approximate surface area is 127 Å². The molecule has 1 unspecified atom stereocenters. The van der Waals surface area contributed by atoms with E-state index in [1.165, 1.54) is 11.3 Å². The van der Waals surface area contributed by atoms with E-state index in [4.69, 9.17) is 9.84 Å². The van der Waals surface area contributed by atoms with Crippen molar-refractivity contribution in [1.82, 2.24) is 9.88 Å². The molecule has 0 saturated carbocycles. The van der Waals surface area contributed by atoms with Crippen molar-refractivity contribution >= 4 is 17.3 Å². The lowest BCUT2D eigenvalue weighted by atomic mass is 10.3. The van der Waals surface area contributed by atoms with Crippen LogP contribution < -0.4 is 4.74 Å². The van der Waals surface area contributed by atoms with Crippen LogP contribution in [0.3, 0.4) is 0 Å². The van der Waals surface area contributed by atoms with Gasteiger partial charge in [-0.25, -0.2) is 4.98 Å².